The molecule has 0 bridgehead atoms. The Balaban J connectivity index is 2.44. The van der Waals surface area contributed by atoms with Crippen LogP contribution < -0.4 is 5.32 Å². The van der Waals surface area contributed by atoms with Crippen LogP contribution in [0.15, 0.2) is 0 Å². The van der Waals surface area contributed by atoms with E-state index >= 15 is 0 Å². The highest BCUT2D eigenvalue weighted by atomic mass is 16.6. The number of aliphatic hydroxyl groups excluding tert-OH is 1. The summed E-state index contributed by atoms with van der Waals surface area (Å²) in [5.74, 6) is -1.36. The Hall–Kier alpha value is -1.83. The monoisotopic (exact) mass is 301 g/mol. The summed E-state index contributed by atoms with van der Waals surface area (Å²) in [5.41, 5.74) is 0. The van der Waals surface area contributed by atoms with Gasteiger partial charge in [0.15, 0.2) is 0 Å². The molecule has 3 amide bonds. The fourth-order valence-electron chi connectivity index (χ4n) is 1.97. The molecule has 1 aliphatic rings. The molecule has 1 rings (SSSR count). The van der Waals surface area contributed by atoms with Crippen LogP contribution in [0, 0.1) is 0 Å². The first-order valence-electron chi connectivity index (χ1n) is 7.15. The second kappa shape index (κ2) is 8.46. The van der Waals surface area contributed by atoms with Gasteiger partial charge in [0.25, 0.3) is 0 Å². The van der Waals surface area contributed by atoms with Gasteiger partial charge in [0.1, 0.15) is 0 Å². The van der Waals surface area contributed by atoms with E-state index in [0.29, 0.717) is 39.2 Å². The van der Waals surface area contributed by atoms with Gasteiger partial charge in [-0.15, -0.1) is 0 Å². The maximum Gasteiger partial charge on any atom is 0.409 e. The molecule has 1 fully saturated rings. The van der Waals surface area contributed by atoms with Crippen molar-refractivity contribution in [1.82, 2.24) is 15.1 Å². The number of carbonyl (C=O) groups is 3. The third-order valence-electron chi connectivity index (χ3n) is 3.34. The summed E-state index contributed by atoms with van der Waals surface area (Å²) in [6.07, 6.45) is 0.145. The second-order valence-corrected chi connectivity index (χ2v) is 4.74. The molecule has 0 aromatic carbocycles. The van der Waals surface area contributed by atoms with Gasteiger partial charge < -0.3 is 25.0 Å². The van der Waals surface area contributed by atoms with Crippen molar-refractivity contribution in [3.05, 3.63) is 0 Å². The lowest BCUT2D eigenvalue weighted by molar-refractivity contribution is -0.147. The molecule has 1 atom stereocenters. The molecule has 1 unspecified atom stereocenters. The van der Waals surface area contributed by atoms with Crippen molar-refractivity contribution < 1.29 is 24.2 Å². The summed E-state index contributed by atoms with van der Waals surface area (Å²) < 4.78 is 4.88. The third-order valence-corrected chi connectivity index (χ3v) is 3.34. The normalized spacial score (nSPS) is 16.3. The average Bonchev–Trinajstić information content (AvgIpc) is 2.52. The lowest BCUT2D eigenvalue weighted by Gasteiger charge is -2.33. The highest BCUT2D eigenvalue weighted by Crippen LogP contribution is 2.04. The van der Waals surface area contributed by atoms with E-state index in [4.69, 9.17) is 9.84 Å². The minimum atomic E-state index is -0.722. The number of carbonyl (C=O) groups excluding carboxylic acids is 3. The predicted octanol–water partition coefficient (Wildman–Crippen LogP) is -0.826. The number of aliphatic hydroxyl groups is 1. The summed E-state index contributed by atoms with van der Waals surface area (Å²) in [4.78, 5) is 38.2. The number of piperazine rings is 1. The number of rotatable bonds is 4. The van der Waals surface area contributed by atoms with E-state index in [1.807, 2.05) is 6.92 Å². The van der Waals surface area contributed by atoms with Crippen molar-refractivity contribution in [3.8, 4) is 0 Å². The topological polar surface area (TPSA) is 99.2 Å². The minimum absolute atomic E-state index is 0.202. The minimum Gasteiger partial charge on any atom is -0.450 e. The molecule has 0 radical (unpaired) electrons. The van der Waals surface area contributed by atoms with E-state index in [0.717, 1.165) is 0 Å². The zero-order chi connectivity index (χ0) is 15.8. The van der Waals surface area contributed by atoms with Crippen LogP contribution in [0.4, 0.5) is 4.79 Å². The Morgan fingerprint density at radius 3 is 2.19 bits per heavy atom. The number of amides is 3. The Bertz CT molecular complexity index is 376. The molecule has 120 valence electrons. The van der Waals surface area contributed by atoms with E-state index in [1.165, 1.54) is 9.80 Å². The molecule has 8 heteroatoms. The molecule has 0 spiro atoms. The first kappa shape index (κ1) is 17.2. The first-order valence-corrected chi connectivity index (χ1v) is 7.15. The molecule has 0 saturated carbocycles. The van der Waals surface area contributed by atoms with Gasteiger partial charge in [-0.3, -0.25) is 9.59 Å². The van der Waals surface area contributed by atoms with Crippen LogP contribution in [0.2, 0.25) is 0 Å². The van der Waals surface area contributed by atoms with Crippen molar-refractivity contribution >= 4 is 17.9 Å². The Labute approximate surface area is 124 Å². The van der Waals surface area contributed by atoms with Crippen LogP contribution in [-0.4, -0.2) is 78.2 Å². The lowest BCUT2D eigenvalue weighted by atomic mass is 10.2. The molecule has 0 aromatic rings. The summed E-state index contributed by atoms with van der Waals surface area (Å²) >= 11 is 0. The van der Waals surface area contributed by atoms with E-state index in [1.54, 1.807) is 6.92 Å². The van der Waals surface area contributed by atoms with Crippen LogP contribution in [-0.2, 0) is 14.3 Å². The van der Waals surface area contributed by atoms with Gasteiger partial charge in [-0.2, -0.15) is 0 Å². The van der Waals surface area contributed by atoms with Gasteiger partial charge in [0, 0.05) is 26.2 Å². The smallest absolute Gasteiger partial charge is 0.409 e. The molecular weight excluding hydrogens is 278 g/mol. The summed E-state index contributed by atoms with van der Waals surface area (Å²) in [6.45, 7) is 4.91. The molecular formula is C13H23N3O5. The van der Waals surface area contributed by atoms with Gasteiger partial charge in [0.05, 0.1) is 19.3 Å². The molecule has 0 aliphatic carbocycles. The highest BCUT2D eigenvalue weighted by Gasteiger charge is 2.28. The average molecular weight is 301 g/mol. The highest BCUT2D eigenvalue weighted by molar-refractivity contribution is 6.35. The fourth-order valence-corrected chi connectivity index (χ4v) is 1.97. The lowest BCUT2D eigenvalue weighted by Crippen LogP contribution is -2.55. The number of nitrogens with one attached hydrogen (secondary N) is 1. The van der Waals surface area contributed by atoms with Crippen molar-refractivity contribution in [2.45, 2.75) is 26.3 Å². The number of hydrogen-bond donors (Lipinski definition) is 2. The summed E-state index contributed by atoms with van der Waals surface area (Å²) in [5, 5.41) is 11.5. The van der Waals surface area contributed by atoms with E-state index < -0.39 is 23.9 Å². The maximum atomic E-state index is 12.0. The largest absolute Gasteiger partial charge is 0.450 e. The van der Waals surface area contributed by atoms with Crippen molar-refractivity contribution in [2.75, 3.05) is 39.4 Å². The molecule has 0 aromatic heterocycles. The predicted molar refractivity (Wildman–Crippen MR) is 74.5 cm³/mol. The van der Waals surface area contributed by atoms with Gasteiger partial charge in [0.2, 0.25) is 0 Å². The van der Waals surface area contributed by atoms with Crippen LogP contribution in [0.1, 0.15) is 20.3 Å². The molecule has 2 N–H and O–H groups in total. The molecule has 8 nitrogen and oxygen atoms in total. The van der Waals surface area contributed by atoms with Crippen LogP contribution >= 0.6 is 0 Å². The standard InChI is InChI=1S/C13H23N3O5/c1-3-10(9-17)14-11(18)12(19)15-5-7-16(8-6-15)13(20)21-4-2/h10,17H,3-9H2,1-2H3,(H,14,18). The van der Waals surface area contributed by atoms with Gasteiger partial charge in [-0.1, -0.05) is 6.92 Å². The van der Waals surface area contributed by atoms with E-state index in [9.17, 15) is 14.4 Å². The van der Waals surface area contributed by atoms with Crippen LogP contribution in [0.25, 0.3) is 0 Å². The SMILES string of the molecule is CCOC(=O)N1CCN(C(=O)C(=O)NC(CC)CO)CC1. The summed E-state index contributed by atoms with van der Waals surface area (Å²) in [7, 11) is 0. The Kier molecular flexibility index (Phi) is 6.93. The molecule has 1 saturated heterocycles. The van der Waals surface area contributed by atoms with Gasteiger partial charge in [-0.05, 0) is 13.3 Å². The first-order chi connectivity index (χ1) is 10.0. The van der Waals surface area contributed by atoms with Gasteiger partial charge >= 0.3 is 17.9 Å². The Morgan fingerprint density at radius 1 is 1.14 bits per heavy atom. The van der Waals surface area contributed by atoms with E-state index in [-0.39, 0.29) is 6.61 Å². The molecule has 1 aliphatic heterocycles. The number of hydrogen-bond acceptors (Lipinski definition) is 5. The third kappa shape index (κ3) is 4.89. The van der Waals surface area contributed by atoms with Crippen LogP contribution in [0.5, 0.6) is 0 Å². The van der Waals surface area contributed by atoms with Crippen molar-refractivity contribution in [1.29, 1.82) is 0 Å². The van der Waals surface area contributed by atoms with Crippen molar-refractivity contribution in [3.63, 3.8) is 0 Å². The zero-order valence-electron chi connectivity index (χ0n) is 12.5. The molecule has 1 heterocycles. The van der Waals surface area contributed by atoms with Gasteiger partial charge in [-0.25, -0.2) is 4.79 Å². The number of nitrogens with zero attached hydrogens (tertiary/aromatic N) is 2. The van der Waals surface area contributed by atoms with Crippen LogP contribution in [0.3, 0.4) is 0 Å². The fraction of sp³-hybridized carbons (Fsp3) is 0.769. The van der Waals surface area contributed by atoms with E-state index in [2.05, 4.69) is 5.32 Å². The Morgan fingerprint density at radius 2 is 1.71 bits per heavy atom. The maximum absolute atomic E-state index is 12.0. The molecule has 21 heavy (non-hydrogen) atoms. The quantitative estimate of drug-likeness (QED) is 0.661. The summed E-state index contributed by atoms with van der Waals surface area (Å²) in [6, 6.07) is -0.415. The number of ether oxygens (including phenoxy) is 1. The second-order valence-electron chi connectivity index (χ2n) is 4.74. The zero-order valence-corrected chi connectivity index (χ0v) is 12.5. The van der Waals surface area contributed by atoms with Crippen molar-refractivity contribution in [2.24, 2.45) is 0 Å².